The highest BCUT2D eigenvalue weighted by Gasteiger charge is 2.21. The molecule has 0 bridgehead atoms. The summed E-state index contributed by atoms with van der Waals surface area (Å²) in [5, 5.41) is 3.41. The van der Waals surface area contributed by atoms with Crippen LogP contribution in [0, 0.1) is 5.92 Å². The zero-order valence-corrected chi connectivity index (χ0v) is 17.2. The van der Waals surface area contributed by atoms with Gasteiger partial charge >= 0.3 is 0 Å². The van der Waals surface area contributed by atoms with Crippen LogP contribution in [0.15, 0.2) is 4.99 Å². The number of amidine groups is 1. The lowest BCUT2D eigenvalue weighted by Crippen LogP contribution is -2.38. The molecule has 0 aromatic rings. The Balaban J connectivity index is 1.85. The van der Waals surface area contributed by atoms with Crippen molar-refractivity contribution in [2.75, 3.05) is 13.1 Å². The Hall–Kier alpha value is -0.570. The van der Waals surface area contributed by atoms with E-state index in [1.54, 1.807) is 0 Å². The van der Waals surface area contributed by atoms with Crippen LogP contribution in [0.5, 0.6) is 0 Å². The summed E-state index contributed by atoms with van der Waals surface area (Å²) in [6.45, 7) is 6.34. The molecule has 3 nitrogen and oxygen atoms in total. The lowest BCUT2D eigenvalue weighted by Gasteiger charge is -2.21. The van der Waals surface area contributed by atoms with Crippen molar-refractivity contribution in [1.29, 1.82) is 0 Å². The third-order valence-corrected chi connectivity index (χ3v) is 5.55. The van der Waals surface area contributed by atoms with E-state index in [4.69, 9.17) is 5.73 Å². The number of rotatable bonds is 17. The van der Waals surface area contributed by atoms with Gasteiger partial charge in [0.15, 0.2) is 0 Å². The first kappa shape index (κ1) is 22.5. The van der Waals surface area contributed by atoms with Crippen LogP contribution in [0.1, 0.15) is 110 Å². The van der Waals surface area contributed by atoms with Gasteiger partial charge < -0.3 is 11.1 Å². The molecule has 2 atom stereocenters. The van der Waals surface area contributed by atoms with Gasteiger partial charge in [0, 0.05) is 18.5 Å². The smallest absolute Gasteiger partial charge is 0.101 e. The summed E-state index contributed by atoms with van der Waals surface area (Å²) in [7, 11) is 0. The Morgan fingerprint density at radius 3 is 1.72 bits per heavy atom. The zero-order chi connectivity index (χ0) is 18.2. The SMILES string of the molecule is CCCCCCCCCCCCCCCCC(C1=NCCN1)C(C)N. The molecule has 0 spiro atoms. The van der Waals surface area contributed by atoms with Crippen molar-refractivity contribution < 1.29 is 0 Å². The van der Waals surface area contributed by atoms with E-state index >= 15 is 0 Å². The molecule has 0 amide bonds. The average molecular weight is 352 g/mol. The number of nitrogens with two attached hydrogens (primary N) is 1. The van der Waals surface area contributed by atoms with E-state index < -0.39 is 0 Å². The Morgan fingerprint density at radius 2 is 1.32 bits per heavy atom. The summed E-state index contributed by atoms with van der Waals surface area (Å²) in [5.41, 5.74) is 6.15. The number of unbranched alkanes of at least 4 members (excludes halogenated alkanes) is 13. The summed E-state index contributed by atoms with van der Waals surface area (Å²) < 4.78 is 0. The molecule has 0 saturated heterocycles. The maximum absolute atomic E-state index is 6.15. The van der Waals surface area contributed by atoms with Gasteiger partial charge in [0.2, 0.25) is 0 Å². The van der Waals surface area contributed by atoms with Crippen molar-refractivity contribution in [2.45, 2.75) is 116 Å². The highest BCUT2D eigenvalue weighted by atomic mass is 15.1. The largest absolute Gasteiger partial charge is 0.372 e. The Kier molecular flexibility index (Phi) is 14.1. The van der Waals surface area contributed by atoms with E-state index in [1.165, 1.54) is 102 Å². The maximum atomic E-state index is 6.15. The van der Waals surface area contributed by atoms with Crippen LogP contribution in [0.4, 0.5) is 0 Å². The lowest BCUT2D eigenvalue weighted by atomic mass is 9.93. The predicted molar refractivity (Wildman–Crippen MR) is 112 cm³/mol. The lowest BCUT2D eigenvalue weighted by molar-refractivity contribution is 0.475. The summed E-state index contributed by atoms with van der Waals surface area (Å²) in [6.07, 6.45) is 21.0. The van der Waals surface area contributed by atoms with Gasteiger partial charge in [0.25, 0.3) is 0 Å². The number of nitrogens with zero attached hydrogens (tertiary/aromatic N) is 1. The average Bonchev–Trinajstić information content (AvgIpc) is 3.12. The first-order valence-electron chi connectivity index (χ1n) is 11.3. The van der Waals surface area contributed by atoms with Crippen molar-refractivity contribution >= 4 is 5.84 Å². The first-order valence-corrected chi connectivity index (χ1v) is 11.3. The van der Waals surface area contributed by atoms with Gasteiger partial charge in [-0.25, -0.2) is 0 Å². The van der Waals surface area contributed by atoms with E-state index in [0.717, 1.165) is 13.1 Å². The van der Waals surface area contributed by atoms with Crippen LogP contribution in [0.3, 0.4) is 0 Å². The molecule has 1 aliphatic heterocycles. The molecule has 0 aromatic carbocycles. The van der Waals surface area contributed by atoms with Gasteiger partial charge in [0.05, 0.1) is 6.54 Å². The third-order valence-electron chi connectivity index (χ3n) is 5.55. The van der Waals surface area contributed by atoms with Crippen molar-refractivity contribution in [1.82, 2.24) is 5.32 Å². The van der Waals surface area contributed by atoms with E-state index in [2.05, 4.69) is 24.2 Å². The minimum atomic E-state index is 0.214. The molecule has 148 valence electrons. The molecular weight excluding hydrogens is 306 g/mol. The van der Waals surface area contributed by atoms with Gasteiger partial charge in [0.1, 0.15) is 5.84 Å². The van der Waals surface area contributed by atoms with Crippen LogP contribution >= 0.6 is 0 Å². The molecule has 25 heavy (non-hydrogen) atoms. The molecule has 0 aromatic heterocycles. The Bertz CT molecular complexity index is 325. The first-order chi connectivity index (χ1) is 12.3. The number of nitrogens with one attached hydrogen (secondary N) is 1. The van der Waals surface area contributed by atoms with Crippen molar-refractivity contribution in [3.63, 3.8) is 0 Å². The van der Waals surface area contributed by atoms with Crippen molar-refractivity contribution in [2.24, 2.45) is 16.6 Å². The minimum Gasteiger partial charge on any atom is -0.372 e. The molecule has 3 N–H and O–H groups in total. The van der Waals surface area contributed by atoms with Crippen molar-refractivity contribution in [3.05, 3.63) is 0 Å². The van der Waals surface area contributed by atoms with E-state index in [0.29, 0.717) is 5.92 Å². The van der Waals surface area contributed by atoms with Crippen LogP contribution in [-0.4, -0.2) is 25.0 Å². The topological polar surface area (TPSA) is 50.4 Å². The summed E-state index contributed by atoms with van der Waals surface area (Å²) in [6, 6.07) is 0.214. The molecular formula is C22H45N3. The Morgan fingerprint density at radius 1 is 0.840 bits per heavy atom. The summed E-state index contributed by atoms with van der Waals surface area (Å²) in [5.74, 6) is 1.62. The maximum Gasteiger partial charge on any atom is 0.101 e. The molecule has 0 radical (unpaired) electrons. The second kappa shape index (κ2) is 15.7. The molecule has 1 heterocycles. The molecule has 3 heteroatoms. The van der Waals surface area contributed by atoms with Gasteiger partial charge in [-0.15, -0.1) is 0 Å². The van der Waals surface area contributed by atoms with Crippen molar-refractivity contribution in [3.8, 4) is 0 Å². The molecule has 1 rings (SSSR count). The third kappa shape index (κ3) is 11.6. The number of aliphatic imine (C=N–C) groups is 1. The molecule has 0 fully saturated rings. The number of hydrogen-bond acceptors (Lipinski definition) is 3. The van der Waals surface area contributed by atoms with Gasteiger partial charge in [-0.05, 0) is 13.3 Å². The fourth-order valence-corrected chi connectivity index (χ4v) is 3.87. The van der Waals surface area contributed by atoms with Gasteiger partial charge in [-0.3, -0.25) is 4.99 Å². The highest BCUT2D eigenvalue weighted by molar-refractivity contribution is 5.86. The molecule has 0 aliphatic carbocycles. The fraction of sp³-hybridized carbons (Fsp3) is 0.955. The minimum absolute atomic E-state index is 0.214. The monoisotopic (exact) mass is 351 g/mol. The van der Waals surface area contributed by atoms with Gasteiger partial charge in [-0.2, -0.15) is 0 Å². The number of hydrogen-bond donors (Lipinski definition) is 2. The van der Waals surface area contributed by atoms with Crippen LogP contribution in [-0.2, 0) is 0 Å². The normalized spacial score (nSPS) is 16.5. The molecule has 2 unspecified atom stereocenters. The second-order valence-electron chi connectivity index (χ2n) is 8.04. The fourth-order valence-electron chi connectivity index (χ4n) is 3.87. The van der Waals surface area contributed by atoms with E-state index in [1.807, 2.05) is 0 Å². The standard InChI is InChI=1S/C22H45N3/c1-3-4-5-6-7-8-9-10-11-12-13-14-15-16-17-21(20(2)23)22-24-18-19-25-22/h20-21H,3-19,23H2,1-2H3,(H,24,25). The second-order valence-corrected chi connectivity index (χ2v) is 8.04. The van der Waals surface area contributed by atoms with Crippen LogP contribution < -0.4 is 11.1 Å². The zero-order valence-electron chi connectivity index (χ0n) is 17.2. The highest BCUT2D eigenvalue weighted by Crippen LogP contribution is 2.17. The molecule has 0 saturated carbocycles. The predicted octanol–water partition coefficient (Wildman–Crippen LogP) is 5.82. The van der Waals surface area contributed by atoms with Crippen LogP contribution in [0.25, 0.3) is 0 Å². The van der Waals surface area contributed by atoms with Crippen LogP contribution in [0.2, 0.25) is 0 Å². The van der Waals surface area contributed by atoms with E-state index in [-0.39, 0.29) is 6.04 Å². The summed E-state index contributed by atoms with van der Waals surface area (Å²) >= 11 is 0. The van der Waals surface area contributed by atoms with E-state index in [9.17, 15) is 0 Å². The summed E-state index contributed by atoms with van der Waals surface area (Å²) in [4.78, 5) is 4.57. The van der Waals surface area contributed by atoms with Gasteiger partial charge in [-0.1, -0.05) is 96.8 Å². The Labute approximate surface area is 157 Å². The molecule has 1 aliphatic rings. The quantitative estimate of drug-likeness (QED) is 0.324.